The van der Waals surface area contributed by atoms with Crippen molar-refractivity contribution in [1.82, 2.24) is 9.80 Å². The number of ether oxygens (including phenoxy) is 1. The van der Waals surface area contributed by atoms with Crippen molar-refractivity contribution in [2.45, 2.75) is 19.4 Å². The van der Waals surface area contributed by atoms with Gasteiger partial charge in [-0.05, 0) is 50.3 Å². The minimum Gasteiger partial charge on any atom is -0.494 e. The van der Waals surface area contributed by atoms with Crippen LogP contribution in [0.25, 0.3) is 11.0 Å². The van der Waals surface area contributed by atoms with Gasteiger partial charge >= 0.3 is 0 Å². The molecule has 30 heavy (non-hydrogen) atoms. The molecule has 4 rings (SSSR count). The zero-order valence-electron chi connectivity index (χ0n) is 17.6. The lowest BCUT2D eigenvalue weighted by Gasteiger charge is -2.26. The van der Waals surface area contributed by atoms with Crippen LogP contribution in [0.2, 0.25) is 0 Å². The van der Waals surface area contributed by atoms with Crippen molar-refractivity contribution in [2.75, 3.05) is 33.8 Å². The highest BCUT2D eigenvalue weighted by atomic mass is 16.5. The van der Waals surface area contributed by atoms with Crippen LogP contribution >= 0.6 is 0 Å². The van der Waals surface area contributed by atoms with Gasteiger partial charge in [-0.3, -0.25) is 9.59 Å². The molecule has 0 bridgehead atoms. The topological polar surface area (TPSA) is 63.0 Å². The number of carbonyl (C=O) groups is 1. The molecule has 3 aromatic rings. The quantitative estimate of drug-likeness (QED) is 0.599. The van der Waals surface area contributed by atoms with Crippen molar-refractivity contribution < 1.29 is 13.9 Å². The van der Waals surface area contributed by atoms with Crippen LogP contribution < -0.4 is 10.2 Å². The summed E-state index contributed by atoms with van der Waals surface area (Å²) in [6.45, 7) is 3.88. The summed E-state index contributed by atoms with van der Waals surface area (Å²) in [4.78, 5) is 30.4. The number of amides is 1. The SMILES string of the molecule is CCCOc1ccc([C@@H]2c3c(oc4ccccc4c3=O)C(=O)N2CCN(C)C)cc1. The Balaban J connectivity index is 1.82. The van der Waals surface area contributed by atoms with E-state index in [-0.39, 0.29) is 17.1 Å². The third kappa shape index (κ3) is 3.59. The summed E-state index contributed by atoms with van der Waals surface area (Å²) in [5, 5.41) is 0.492. The maximum Gasteiger partial charge on any atom is 0.290 e. The van der Waals surface area contributed by atoms with Gasteiger partial charge in [0, 0.05) is 13.1 Å². The molecule has 0 fully saturated rings. The van der Waals surface area contributed by atoms with E-state index < -0.39 is 6.04 Å². The number of likely N-dealkylation sites (N-methyl/N-ethyl adjacent to an activating group) is 1. The Morgan fingerprint density at radius 3 is 2.50 bits per heavy atom. The van der Waals surface area contributed by atoms with Crippen LogP contribution in [-0.2, 0) is 0 Å². The van der Waals surface area contributed by atoms with Gasteiger partial charge in [-0.2, -0.15) is 0 Å². The Hall–Kier alpha value is -3.12. The molecule has 0 saturated carbocycles. The van der Waals surface area contributed by atoms with E-state index in [1.165, 1.54) is 0 Å². The first-order valence-electron chi connectivity index (χ1n) is 10.3. The van der Waals surface area contributed by atoms with Crippen molar-refractivity contribution in [3.63, 3.8) is 0 Å². The average Bonchev–Trinajstić information content (AvgIpc) is 3.03. The molecule has 6 heteroatoms. The van der Waals surface area contributed by atoms with Gasteiger partial charge in [-0.25, -0.2) is 0 Å². The van der Waals surface area contributed by atoms with E-state index >= 15 is 0 Å². The first-order valence-corrected chi connectivity index (χ1v) is 10.3. The second-order valence-corrected chi connectivity index (χ2v) is 7.79. The average molecular weight is 406 g/mol. The smallest absolute Gasteiger partial charge is 0.290 e. The number of nitrogens with zero attached hydrogens (tertiary/aromatic N) is 2. The molecule has 0 N–H and O–H groups in total. The number of benzene rings is 2. The van der Waals surface area contributed by atoms with E-state index in [0.29, 0.717) is 36.2 Å². The molecule has 2 heterocycles. The summed E-state index contributed by atoms with van der Waals surface area (Å²) in [7, 11) is 3.92. The summed E-state index contributed by atoms with van der Waals surface area (Å²) < 4.78 is 11.6. The van der Waals surface area contributed by atoms with Crippen LogP contribution in [0.3, 0.4) is 0 Å². The first-order chi connectivity index (χ1) is 14.5. The van der Waals surface area contributed by atoms with E-state index in [1.54, 1.807) is 29.2 Å². The standard InChI is InChI=1S/C24H26N2O4/c1-4-15-29-17-11-9-16(10-12-17)21-20-22(27)18-7-5-6-8-19(18)30-23(20)24(28)26(21)14-13-25(2)3/h5-12,21H,4,13-15H2,1-3H3/t21-/m1/s1. The highest BCUT2D eigenvalue weighted by molar-refractivity contribution is 5.99. The zero-order valence-corrected chi connectivity index (χ0v) is 17.6. The molecule has 0 aliphatic carbocycles. The number of fused-ring (bicyclic) bond motifs is 2. The molecule has 6 nitrogen and oxygen atoms in total. The monoisotopic (exact) mass is 406 g/mol. The van der Waals surface area contributed by atoms with Crippen molar-refractivity contribution in [2.24, 2.45) is 0 Å². The second kappa shape index (κ2) is 8.32. The Bertz CT molecular complexity index is 1120. The summed E-state index contributed by atoms with van der Waals surface area (Å²) in [5.74, 6) is 0.676. The van der Waals surface area contributed by atoms with E-state index in [9.17, 15) is 9.59 Å². The van der Waals surface area contributed by atoms with Crippen LogP contribution in [0.4, 0.5) is 0 Å². The minimum absolute atomic E-state index is 0.147. The lowest BCUT2D eigenvalue weighted by molar-refractivity contribution is 0.0716. The molecule has 2 aromatic carbocycles. The summed E-state index contributed by atoms with van der Waals surface area (Å²) in [6.07, 6.45) is 0.929. The predicted octanol–water partition coefficient (Wildman–Crippen LogP) is 3.69. The number of hydrogen-bond donors (Lipinski definition) is 0. The Labute approximate surface area is 175 Å². The van der Waals surface area contributed by atoms with Gasteiger partial charge in [0.25, 0.3) is 5.91 Å². The normalized spacial score (nSPS) is 15.8. The Morgan fingerprint density at radius 1 is 1.07 bits per heavy atom. The van der Waals surface area contributed by atoms with Gasteiger partial charge in [0.1, 0.15) is 11.3 Å². The van der Waals surface area contributed by atoms with Crippen molar-refractivity contribution in [1.29, 1.82) is 0 Å². The largest absolute Gasteiger partial charge is 0.494 e. The molecule has 1 aliphatic heterocycles. The van der Waals surface area contributed by atoms with Crippen LogP contribution in [0.15, 0.2) is 57.7 Å². The molecular formula is C24H26N2O4. The number of para-hydroxylation sites is 1. The lowest BCUT2D eigenvalue weighted by Crippen LogP contribution is -2.35. The maximum atomic E-state index is 13.4. The van der Waals surface area contributed by atoms with E-state index in [1.807, 2.05) is 43.3 Å². The second-order valence-electron chi connectivity index (χ2n) is 7.79. The van der Waals surface area contributed by atoms with E-state index in [4.69, 9.17) is 9.15 Å². The molecule has 1 amide bonds. The lowest BCUT2D eigenvalue weighted by atomic mass is 9.98. The van der Waals surface area contributed by atoms with Gasteiger partial charge in [-0.1, -0.05) is 31.2 Å². The maximum absolute atomic E-state index is 13.4. The third-order valence-electron chi connectivity index (χ3n) is 5.33. The number of carbonyl (C=O) groups excluding carboxylic acids is 1. The fraction of sp³-hybridized carbons (Fsp3) is 0.333. The Kier molecular flexibility index (Phi) is 5.59. The van der Waals surface area contributed by atoms with Gasteiger partial charge in [-0.15, -0.1) is 0 Å². The van der Waals surface area contributed by atoms with Gasteiger partial charge in [0.05, 0.1) is 23.6 Å². The summed E-state index contributed by atoms with van der Waals surface area (Å²) in [6, 6.07) is 14.2. The molecule has 0 spiro atoms. The molecular weight excluding hydrogens is 380 g/mol. The van der Waals surface area contributed by atoms with Gasteiger partial charge in [0.2, 0.25) is 5.76 Å². The first kappa shape index (κ1) is 20.2. The molecule has 1 aromatic heterocycles. The highest BCUT2D eigenvalue weighted by Crippen LogP contribution is 2.38. The zero-order chi connectivity index (χ0) is 21.3. The van der Waals surface area contributed by atoms with Crippen LogP contribution in [0, 0.1) is 0 Å². The van der Waals surface area contributed by atoms with Crippen molar-refractivity contribution >= 4 is 16.9 Å². The molecule has 0 radical (unpaired) electrons. The molecule has 156 valence electrons. The minimum atomic E-state index is -0.478. The number of rotatable bonds is 7. The molecule has 0 unspecified atom stereocenters. The molecule has 0 saturated heterocycles. The third-order valence-corrected chi connectivity index (χ3v) is 5.33. The van der Waals surface area contributed by atoms with Gasteiger partial charge < -0.3 is 19.0 Å². The summed E-state index contributed by atoms with van der Waals surface area (Å²) >= 11 is 0. The number of hydrogen-bond acceptors (Lipinski definition) is 5. The van der Waals surface area contributed by atoms with Crippen LogP contribution in [0.5, 0.6) is 5.75 Å². The fourth-order valence-corrected chi connectivity index (χ4v) is 3.82. The molecule has 1 aliphatic rings. The molecule has 1 atom stereocenters. The highest BCUT2D eigenvalue weighted by Gasteiger charge is 2.42. The summed E-state index contributed by atoms with van der Waals surface area (Å²) in [5.41, 5.74) is 1.57. The fourth-order valence-electron chi connectivity index (χ4n) is 3.82. The van der Waals surface area contributed by atoms with Crippen molar-refractivity contribution in [3.05, 3.63) is 75.6 Å². The van der Waals surface area contributed by atoms with Crippen molar-refractivity contribution in [3.8, 4) is 5.75 Å². The Morgan fingerprint density at radius 2 is 1.80 bits per heavy atom. The predicted molar refractivity (Wildman–Crippen MR) is 116 cm³/mol. The van der Waals surface area contributed by atoms with Crippen LogP contribution in [0.1, 0.15) is 41.1 Å². The van der Waals surface area contributed by atoms with Gasteiger partial charge in [0.15, 0.2) is 5.43 Å². The van der Waals surface area contributed by atoms with Crippen LogP contribution in [-0.4, -0.2) is 49.5 Å². The van der Waals surface area contributed by atoms with E-state index in [0.717, 1.165) is 17.7 Å². The van der Waals surface area contributed by atoms with E-state index in [2.05, 4.69) is 6.92 Å².